The first kappa shape index (κ1) is 13.1. The van der Waals surface area contributed by atoms with E-state index in [1.807, 2.05) is 0 Å². The monoisotopic (exact) mass is 238 g/mol. The van der Waals surface area contributed by atoms with Crippen molar-refractivity contribution in [3.05, 3.63) is 11.9 Å². The van der Waals surface area contributed by atoms with Gasteiger partial charge in [-0.15, -0.1) is 0 Å². The zero-order chi connectivity index (χ0) is 12.8. The number of esters is 2. The summed E-state index contributed by atoms with van der Waals surface area (Å²) in [6.45, 7) is 4.98. The zero-order valence-electron chi connectivity index (χ0n) is 10.0. The Bertz CT molecular complexity index is 431. The molecule has 0 radical (unpaired) electrons. The highest BCUT2D eigenvalue weighted by molar-refractivity contribution is 5.72. The van der Waals surface area contributed by atoms with Gasteiger partial charge in [-0.05, 0) is 6.92 Å². The van der Waals surface area contributed by atoms with Gasteiger partial charge in [0.25, 0.3) is 0 Å². The number of ether oxygens (including phenoxy) is 2. The summed E-state index contributed by atoms with van der Waals surface area (Å²) in [5.41, 5.74) is 0.396. The van der Waals surface area contributed by atoms with Crippen molar-refractivity contribution in [2.24, 2.45) is 0 Å². The molecule has 6 heteroatoms. The predicted molar refractivity (Wildman–Crippen MR) is 58.6 cm³/mol. The van der Waals surface area contributed by atoms with Gasteiger partial charge in [-0.25, -0.2) is 9.97 Å². The van der Waals surface area contributed by atoms with Crippen LogP contribution in [0.2, 0.25) is 0 Å². The molecule has 17 heavy (non-hydrogen) atoms. The number of hydrogen-bond donors (Lipinski definition) is 0. The van der Waals surface area contributed by atoms with Crippen molar-refractivity contribution in [1.82, 2.24) is 9.97 Å². The van der Waals surface area contributed by atoms with Crippen molar-refractivity contribution >= 4 is 11.9 Å². The number of carbonyl (C=O) groups is 2. The van der Waals surface area contributed by atoms with Crippen LogP contribution in [0.3, 0.4) is 0 Å². The van der Waals surface area contributed by atoms with E-state index in [0.717, 1.165) is 0 Å². The molecular formula is C11H14N2O4. The van der Waals surface area contributed by atoms with Gasteiger partial charge >= 0.3 is 11.9 Å². The second kappa shape index (κ2) is 5.93. The summed E-state index contributed by atoms with van der Waals surface area (Å²) >= 11 is 0. The summed E-state index contributed by atoms with van der Waals surface area (Å²) in [7, 11) is 0. The Kier molecular flexibility index (Phi) is 4.56. The summed E-state index contributed by atoms with van der Waals surface area (Å²) in [6.07, 6.45) is 1.76. The number of aryl methyl sites for hydroxylation is 1. The lowest BCUT2D eigenvalue weighted by atomic mass is 10.4. The van der Waals surface area contributed by atoms with Crippen molar-refractivity contribution in [2.45, 2.75) is 33.6 Å². The van der Waals surface area contributed by atoms with Gasteiger partial charge in [0.2, 0.25) is 11.8 Å². The summed E-state index contributed by atoms with van der Waals surface area (Å²) < 4.78 is 9.81. The van der Waals surface area contributed by atoms with E-state index < -0.39 is 5.97 Å². The average Bonchev–Trinajstić information content (AvgIpc) is 2.32. The molecule has 0 aliphatic carbocycles. The van der Waals surface area contributed by atoms with Crippen molar-refractivity contribution in [3.8, 4) is 11.8 Å². The molecule has 0 aromatic carbocycles. The van der Waals surface area contributed by atoms with Crippen LogP contribution in [-0.2, 0) is 9.59 Å². The number of hydrogen-bond acceptors (Lipinski definition) is 6. The molecule has 0 N–H and O–H groups in total. The third-order valence-electron chi connectivity index (χ3n) is 1.89. The largest absolute Gasteiger partial charge is 0.406 e. The number of aromatic nitrogens is 2. The highest BCUT2D eigenvalue weighted by atomic mass is 16.6. The first-order valence-corrected chi connectivity index (χ1v) is 5.31. The fourth-order valence-electron chi connectivity index (χ4n) is 0.967. The topological polar surface area (TPSA) is 78.4 Å². The summed E-state index contributed by atoms with van der Waals surface area (Å²) in [5, 5.41) is 0. The van der Waals surface area contributed by atoms with Crippen LogP contribution in [-0.4, -0.2) is 21.9 Å². The molecule has 0 bridgehead atoms. The smallest absolute Gasteiger partial charge is 0.312 e. The molecule has 92 valence electrons. The zero-order valence-corrected chi connectivity index (χ0v) is 10.0. The van der Waals surface area contributed by atoms with E-state index in [1.165, 1.54) is 6.20 Å². The van der Waals surface area contributed by atoms with Crippen LogP contribution in [0.25, 0.3) is 0 Å². The first-order chi connectivity index (χ1) is 8.06. The third kappa shape index (κ3) is 3.82. The maximum Gasteiger partial charge on any atom is 0.312 e. The van der Waals surface area contributed by atoms with Crippen molar-refractivity contribution < 1.29 is 19.1 Å². The highest BCUT2D eigenvalue weighted by Gasteiger charge is 2.10. The minimum Gasteiger partial charge on any atom is -0.406 e. The molecule has 6 nitrogen and oxygen atoms in total. The van der Waals surface area contributed by atoms with Crippen molar-refractivity contribution in [2.75, 3.05) is 0 Å². The van der Waals surface area contributed by atoms with Crippen molar-refractivity contribution in [1.29, 1.82) is 0 Å². The second-order valence-electron chi connectivity index (χ2n) is 3.25. The van der Waals surface area contributed by atoms with Gasteiger partial charge in [-0.2, -0.15) is 0 Å². The van der Waals surface area contributed by atoms with E-state index in [4.69, 9.17) is 9.47 Å². The summed E-state index contributed by atoms with van der Waals surface area (Å²) in [6, 6.07) is 0. The van der Waals surface area contributed by atoms with Crippen LogP contribution in [0, 0.1) is 6.92 Å². The number of nitrogens with zero attached hydrogens (tertiary/aromatic N) is 2. The van der Waals surface area contributed by atoms with Crippen LogP contribution >= 0.6 is 0 Å². The van der Waals surface area contributed by atoms with Gasteiger partial charge in [-0.3, -0.25) is 9.59 Å². The minimum atomic E-state index is -0.392. The third-order valence-corrected chi connectivity index (χ3v) is 1.89. The van der Waals surface area contributed by atoms with Gasteiger partial charge in [0.1, 0.15) is 5.69 Å². The molecular weight excluding hydrogens is 224 g/mol. The maximum atomic E-state index is 11.1. The van der Waals surface area contributed by atoms with Gasteiger partial charge < -0.3 is 9.47 Å². The lowest BCUT2D eigenvalue weighted by molar-refractivity contribution is -0.135. The molecule has 0 aliphatic heterocycles. The normalized spacial score (nSPS) is 9.82. The summed E-state index contributed by atoms with van der Waals surface area (Å²) in [5.74, 6) is -0.545. The SMILES string of the molecule is CCC(=O)Oc1cnc(OC(=O)CC)c(C)n1. The molecule has 0 fully saturated rings. The van der Waals surface area contributed by atoms with E-state index in [-0.39, 0.29) is 30.6 Å². The quantitative estimate of drug-likeness (QED) is 0.738. The maximum absolute atomic E-state index is 11.1. The Morgan fingerprint density at radius 2 is 1.76 bits per heavy atom. The van der Waals surface area contributed by atoms with E-state index in [1.54, 1.807) is 20.8 Å². The lowest BCUT2D eigenvalue weighted by Gasteiger charge is -2.06. The molecule has 0 saturated heterocycles. The van der Waals surface area contributed by atoms with Crippen LogP contribution in [0.5, 0.6) is 11.8 Å². The van der Waals surface area contributed by atoms with Crippen molar-refractivity contribution in [3.63, 3.8) is 0 Å². The fraction of sp³-hybridized carbons (Fsp3) is 0.455. The Morgan fingerprint density at radius 3 is 2.29 bits per heavy atom. The Hall–Kier alpha value is -1.98. The van der Waals surface area contributed by atoms with E-state index in [2.05, 4.69) is 9.97 Å². The number of carbonyl (C=O) groups excluding carboxylic acids is 2. The standard InChI is InChI=1S/C11H14N2O4/c1-4-9(14)16-8-6-12-11(7(3)13-8)17-10(15)5-2/h6H,4-5H2,1-3H3. The molecule has 0 spiro atoms. The summed E-state index contributed by atoms with van der Waals surface area (Å²) in [4.78, 5) is 29.9. The molecule has 1 rings (SSSR count). The Morgan fingerprint density at radius 1 is 1.18 bits per heavy atom. The molecule has 1 aromatic heterocycles. The molecule has 0 unspecified atom stereocenters. The molecule has 0 atom stereocenters. The van der Waals surface area contributed by atoms with Gasteiger partial charge in [0.15, 0.2) is 0 Å². The fourth-order valence-corrected chi connectivity index (χ4v) is 0.967. The molecule has 1 heterocycles. The first-order valence-electron chi connectivity index (χ1n) is 5.31. The average molecular weight is 238 g/mol. The van der Waals surface area contributed by atoms with Crippen LogP contribution in [0.15, 0.2) is 6.20 Å². The van der Waals surface area contributed by atoms with Crippen LogP contribution < -0.4 is 9.47 Å². The van der Waals surface area contributed by atoms with E-state index in [0.29, 0.717) is 5.69 Å². The van der Waals surface area contributed by atoms with E-state index in [9.17, 15) is 9.59 Å². The molecule has 1 aromatic rings. The van der Waals surface area contributed by atoms with Gasteiger partial charge in [-0.1, -0.05) is 13.8 Å². The Balaban J connectivity index is 2.79. The van der Waals surface area contributed by atoms with E-state index >= 15 is 0 Å². The Labute approximate surface area is 99.0 Å². The molecule has 0 saturated carbocycles. The molecule has 0 aliphatic rings. The minimum absolute atomic E-state index is 0.102. The predicted octanol–water partition coefficient (Wildman–Crippen LogP) is 1.42. The van der Waals surface area contributed by atoms with Crippen LogP contribution in [0.1, 0.15) is 32.4 Å². The lowest BCUT2D eigenvalue weighted by Crippen LogP contribution is -2.11. The second-order valence-corrected chi connectivity index (χ2v) is 3.25. The number of rotatable bonds is 4. The van der Waals surface area contributed by atoms with Gasteiger partial charge in [0.05, 0.1) is 6.20 Å². The van der Waals surface area contributed by atoms with Crippen LogP contribution in [0.4, 0.5) is 0 Å². The highest BCUT2D eigenvalue weighted by Crippen LogP contribution is 2.16. The molecule has 0 amide bonds. The van der Waals surface area contributed by atoms with Gasteiger partial charge in [0, 0.05) is 12.8 Å².